The zero-order chi connectivity index (χ0) is 14.6. The Bertz CT molecular complexity index is 506. The number of nitriles is 1. The first-order valence-electron chi connectivity index (χ1n) is 7.12. The van der Waals surface area contributed by atoms with Crippen LogP contribution in [0.2, 0.25) is 0 Å². The van der Waals surface area contributed by atoms with Gasteiger partial charge in [-0.05, 0) is 24.3 Å². The first-order chi connectivity index (χ1) is 9.57. The van der Waals surface area contributed by atoms with E-state index < -0.39 is 0 Å². The molecule has 0 saturated carbocycles. The predicted octanol–water partition coefficient (Wildman–Crippen LogP) is 4.39. The molecule has 0 spiro atoms. The Balaban J connectivity index is 2.28. The molecule has 4 heteroatoms. The van der Waals surface area contributed by atoms with Gasteiger partial charge in [-0.25, -0.2) is 0 Å². The molecule has 1 aromatic rings. The highest BCUT2D eigenvalue weighted by atomic mass is 32.2. The summed E-state index contributed by atoms with van der Waals surface area (Å²) in [4.78, 5) is 3.50. The van der Waals surface area contributed by atoms with Crippen molar-refractivity contribution in [2.45, 2.75) is 36.8 Å². The van der Waals surface area contributed by atoms with Crippen LogP contribution in [0.3, 0.4) is 0 Å². The fraction of sp³-hybridized carbons (Fsp3) is 0.562. The summed E-state index contributed by atoms with van der Waals surface area (Å²) < 4.78 is 0.345. The summed E-state index contributed by atoms with van der Waals surface area (Å²) >= 11 is 3.79. The first-order valence-corrected chi connectivity index (χ1v) is 9.09. The molecule has 0 bridgehead atoms. The molecule has 0 radical (unpaired) electrons. The molecular weight excluding hydrogens is 284 g/mol. The molecule has 1 heterocycles. The zero-order valence-electron chi connectivity index (χ0n) is 12.5. The van der Waals surface area contributed by atoms with E-state index in [9.17, 15) is 5.26 Å². The smallest absolute Gasteiger partial charge is 0.103 e. The number of benzene rings is 1. The summed E-state index contributed by atoms with van der Waals surface area (Å²) in [5.41, 5.74) is 1.97. The highest BCUT2D eigenvalue weighted by Crippen LogP contribution is 2.35. The molecule has 1 aliphatic rings. The second-order valence-corrected chi connectivity index (χ2v) is 8.65. The molecule has 20 heavy (non-hydrogen) atoms. The third kappa shape index (κ3) is 3.65. The van der Waals surface area contributed by atoms with Gasteiger partial charge in [-0.2, -0.15) is 17.0 Å². The van der Waals surface area contributed by atoms with Gasteiger partial charge in [-0.15, -0.1) is 11.8 Å². The van der Waals surface area contributed by atoms with Crippen LogP contribution < -0.4 is 4.90 Å². The first kappa shape index (κ1) is 15.6. The van der Waals surface area contributed by atoms with E-state index in [4.69, 9.17) is 0 Å². The van der Waals surface area contributed by atoms with E-state index in [1.807, 2.05) is 11.8 Å². The molecule has 0 aromatic heterocycles. The second kappa shape index (κ2) is 6.78. The maximum atomic E-state index is 9.53. The molecule has 1 aromatic carbocycles. The van der Waals surface area contributed by atoms with Crippen molar-refractivity contribution in [1.82, 2.24) is 0 Å². The molecule has 0 atom stereocenters. The van der Waals surface area contributed by atoms with Crippen LogP contribution in [0.5, 0.6) is 0 Å². The van der Waals surface area contributed by atoms with Crippen LogP contribution in [0.4, 0.5) is 5.69 Å². The quantitative estimate of drug-likeness (QED) is 0.774. The van der Waals surface area contributed by atoms with Crippen molar-refractivity contribution >= 4 is 29.2 Å². The SMILES string of the molecule is CCSc1cccc(N2CCSC(C)(C)CC2)c1C#N. The number of rotatable bonds is 3. The van der Waals surface area contributed by atoms with Crippen molar-refractivity contribution in [3.8, 4) is 6.07 Å². The van der Waals surface area contributed by atoms with Crippen molar-refractivity contribution in [3.05, 3.63) is 23.8 Å². The topological polar surface area (TPSA) is 27.0 Å². The van der Waals surface area contributed by atoms with Crippen molar-refractivity contribution in [2.24, 2.45) is 0 Å². The lowest BCUT2D eigenvalue weighted by Gasteiger charge is -2.25. The van der Waals surface area contributed by atoms with Crippen LogP contribution in [0.1, 0.15) is 32.8 Å². The van der Waals surface area contributed by atoms with Crippen LogP contribution in [0, 0.1) is 11.3 Å². The summed E-state index contributed by atoms with van der Waals surface area (Å²) in [6.07, 6.45) is 1.16. The Morgan fingerprint density at radius 3 is 2.90 bits per heavy atom. The van der Waals surface area contributed by atoms with E-state index in [2.05, 4.69) is 49.9 Å². The molecule has 2 nitrogen and oxygen atoms in total. The van der Waals surface area contributed by atoms with Gasteiger partial charge in [0.2, 0.25) is 0 Å². The lowest BCUT2D eigenvalue weighted by molar-refractivity contribution is 0.637. The molecule has 1 fully saturated rings. The Hall–Kier alpha value is -0.790. The van der Waals surface area contributed by atoms with Gasteiger partial charge in [-0.3, -0.25) is 0 Å². The Labute approximate surface area is 130 Å². The minimum Gasteiger partial charge on any atom is -0.370 e. The van der Waals surface area contributed by atoms with Crippen LogP contribution >= 0.6 is 23.5 Å². The van der Waals surface area contributed by atoms with Gasteiger partial charge in [0, 0.05) is 28.5 Å². The van der Waals surface area contributed by atoms with E-state index in [-0.39, 0.29) is 0 Å². The molecule has 0 unspecified atom stereocenters. The average Bonchev–Trinajstić information content (AvgIpc) is 2.60. The van der Waals surface area contributed by atoms with Gasteiger partial charge in [0.25, 0.3) is 0 Å². The van der Waals surface area contributed by atoms with Crippen LogP contribution in [0.15, 0.2) is 23.1 Å². The van der Waals surface area contributed by atoms with Gasteiger partial charge in [0.1, 0.15) is 6.07 Å². The standard InChI is InChI=1S/C16H22N2S2/c1-4-19-15-7-5-6-14(13(15)12-17)18-9-8-16(2,3)20-11-10-18/h5-7H,4,8-11H2,1-3H3. The van der Waals surface area contributed by atoms with E-state index in [1.165, 1.54) is 0 Å². The van der Waals surface area contributed by atoms with Crippen molar-refractivity contribution < 1.29 is 0 Å². The number of nitrogens with zero attached hydrogens (tertiary/aromatic N) is 2. The summed E-state index contributed by atoms with van der Waals surface area (Å²) in [6, 6.07) is 8.66. The molecule has 108 valence electrons. The van der Waals surface area contributed by atoms with Gasteiger partial charge in [0.15, 0.2) is 0 Å². The van der Waals surface area contributed by atoms with Gasteiger partial charge >= 0.3 is 0 Å². The van der Waals surface area contributed by atoms with Crippen molar-refractivity contribution in [1.29, 1.82) is 5.26 Å². The van der Waals surface area contributed by atoms with Gasteiger partial charge in [-0.1, -0.05) is 26.8 Å². The highest BCUT2D eigenvalue weighted by molar-refractivity contribution is 8.00. The Morgan fingerprint density at radius 2 is 2.20 bits per heavy atom. The average molecular weight is 306 g/mol. The fourth-order valence-electron chi connectivity index (χ4n) is 2.43. The normalized spacial score (nSPS) is 18.4. The van der Waals surface area contributed by atoms with E-state index in [0.29, 0.717) is 4.75 Å². The number of hydrogen-bond acceptors (Lipinski definition) is 4. The summed E-state index contributed by atoms with van der Waals surface area (Å²) in [6.45, 7) is 8.83. The lowest BCUT2D eigenvalue weighted by atomic mass is 10.1. The molecular formula is C16H22N2S2. The third-order valence-electron chi connectivity index (χ3n) is 3.59. The monoisotopic (exact) mass is 306 g/mol. The second-order valence-electron chi connectivity index (χ2n) is 5.54. The Kier molecular flexibility index (Phi) is 5.29. The lowest BCUT2D eigenvalue weighted by Crippen LogP contribution is -2.27. The fourth-order valence-corrected chi connectivity index (χ4v) is 4.31. The molecule has 0 amide bonds. The van der Waals surface area contributed by atoms with E-state index in [1.54, 1.807) is 11.8 Å². The van der Waals surface area contributed by atoms with Crippen molar-refractivity contribution in [3.63, 3.8) is 0 Å². The number of hydrogen-bond donors (Lipinski definition) is 0. The molecule has 1 aliphatic heterocycles. The van der Waals surface area contributed by atoms with E-state index in [0.717, 1.165) is 47.2 Å². The molecule has 0 aliphatic carbocycles. The van der Waals surface area contributed by atoms with Gasteiger partial charge in [0.05, 0.1) is 11.3 Å². The highest BCUT2D eigenvalue weighted by Gasteiger charge is 2.25. The van der Waals surface area contributed by atoms with Crippen LogP contribution in [0.25, 0.3) is 0 Å². The summed E-state index contributed by atoms with van der Waals surface area (Å²) in [7, 11) is 0. The summed E-state index contributed by atoms with van der Waals surface area (Å²) in [5.74, 6) is 2.13. The predicted molar refractivity (Wildman–Crippen MR) is 90.9 cm³/mol. The van der Waals surface area contributed by atoms with Crippen LogP contribution in [-0.4, -0.2) is 29.3 Å². The van der Waals surface area contributed by atoms with Gasteiger partial charge < -0.3 is 4.90 Å². The minimum absolute atomic E-state index is 0.345. The summed E-state index contributed by atoms with van der Waals surface area (Å²) in [5, 5.41) is 9.53. The minimum atomic E-state index is 0.345. The molecule has 1 saturated heterocycles. The maximum absolute atomic E-state index is 9.53. The number of thioether (sulfide) groups is 2. The van der Waals surface area contributed by atoms with Crippen molar-refractivity contribution in [2.75, 3.05) is 29.5 Å². The Morgan fingerprint density at radius 1 is 1.40 bits per heavy atom. The van der Waals surface area contributed by atoms with Crippen LogP contribution in [-0.2, 0) is 0 Å². The third-order valence-corrected chi connectivity index (χ3v) is 5.91. The molecule has 2 rings (SSSR count). The largest absolute Gasteiger partial charge is 0.370 e. The molecule has 0 N–H and O–H groups in total. The number of anilines is 1. The van der Waals surface area contributed by atoms with E-state index >= 15 is 0 Å². The zero-order valence-corrected chi connectivity index (χ0v) is 14.1. The maximum Gasteiger partial charge on any atom is 0.103 e.